The first kappa shape index (κ1) is 25.3. The van der Waals surface area contributed by atoms with E-state index >= 15 is 0 Å². The Kier molecular flexibility index (Phi) is 9.99. The Morgan fingerprint density at radius 1 is 0.706 bits per heavy atom. The van der Waals surface area contributed by atoms with Crippen LogP contribution < -0.4 is 21.3 Å². The Hall–Kier alpha value is -3.30. The summed E-state index contributed by atoms with van der Waals surface area (Å²) in [6.45, 7) is 0. The summed E-state index contributed by atoms with van der Waals surface area (Å²) < 4.78 is 0. The number of carboxylic acid groups (broad SMARTS) is 1. The van der Waals surface area contributed by atoms with Gasteiger partial charge in [-0.15, -0.1) is 0 Å². The second kappa shape index (κ2) is 13.4. The summed E-state index contributed by atoms with van der Waals surface area (Å²) in [4.78, 5) is 22.8. The standard InChI is InChI=1S/C28H31N2O3P/c31-27(20-12-1-2-13-21-28(32)33)30-29-22-23-34(24-14-6-3-7-15-24,25-16-8-4-9-17-25)26-18-10-5-11-19-26/h3-11,14-19,22H,1-2,12-13,20-21,23H2,(H-,30,31,32,33)/p+1/b29-22+. The van der Waals surface area contributed by atoms with Crippen molar-refractivity contribution in [3.8, 4) is 0 Å². The molecular weight excluding hydrogens is 443 g/mol. The molecular formula is C28H32N2O3P+. The van der Waals surface area contributed by atoms with Gasteiger partial charge in [0.2, 0.25) is 5.91 Å². The topological polar surface area (TPSA) is 78.8 Å². The van der Waals surface area contributed by atoms with Gasteiger partial charge in [0.05, 0.1) is 6.21 Å². The first-order valence-electron chi connectivity index (χ1n) is 11.7. The molecule has 176 valence electrons. The maximum Gasteiger partial charge on any atom is 0.303 e. The van der Waals surface area contributed by atoms with Gasteiger partial charge in [-0.25, -0.2) is 5.43 Å². The minimum Gasteiger partial charge on any atom is -0.481 e. The van der Waals surface area contributed by atoms with Crippen molar-refractivity contribution in [1.29, 1.82) is 0 Å². The number of unbranched alkanes of at least 4 members (excludes halogenated alkanes) is 3. The van der Waals surface area contributed by atoms with Crippen molar-refractivity contribution in [2.45, 2.75) is 38.5 Å². The van der Waals surface area contributed by atoms with Crippen LogP contribution in [0.5, 0.6) is 0 Å². The van der Waals surface area contributed by atoms with Crippen LogP contribution in [0.2, 0.25) is 0 Å². The van der Waals surface area contributed by atoms with E-state index in [0.29, 0.717) is 19.0 Å². The molecule has 0 aliphatic rings. The summed E-state index contributed by atoms with van der Waals surface area (Å²) in [5.74, 6) is -0.884. The number of aliphatic carboxylic acids is 1. The quantitative estimate of drug-likeness (QED) is 0.165. The largest absolute Gasteiger partial charge is 0.481 e. The lowest BCUT2D eigenvalue weighted by atomic mass is 10.1. The summed E-state index contributed by atoms with van der Waals surface area (Å²) >= 11 is 0. The Morgan fingerprint density at radius 2 is 1.15 bits per heavy atom. The van der Waals surface area contributed by atoms with Crippen molar-refractivity contribution >= 4 is 41.3 Å². The minimum absolute atomic E-state index is 0.113. The van der Waals surface area contributed by atoms with Crippen molar-refractivity contribution in [2.75, 3.05) is 6.16 Å². The van der Waals surface area contributed by atoms with Crippen molar-refractivity contribution < 1.29 is 14.7 Å². The molecule has 34 heavy (non-hydrogen) atoms. The van der Waals surface area contributed by atoms with E-state index in [1.807, 2.05) is 24.4 Å². The summed E-state index contributed by atoms with van der Waals surface area (Å²) in [6.07, 6.45) is 6.16. The summed E-state index contributed by atoms with van der Waals surface area (Å²) in [5.41, 5.74) is 2.67. The fourth-order valence-corrected chi connectivity index (χ4v) is 7.96. The molecule has 1 amide bonds. The van der Waals surface area contributed by atoms with Crippen LogP contribution in [0.3, 0.4) is 0 Å². The third-order valence-electron chi connectivity index (χ3n) is 5.77. The second-order valence-electron chi connectivity index (χ2n) is 8.15. The highest BCUT2D eigenvalue weighted by Crippen LogP contribution is 2.54. The minimum atomic E-state index is -2.00. The number of carbonyl (C=O) groups excluding carboxylic acids is 1. The number of rotatable bonds is 13. The van der Waals surface area contributed by atoms with Crippen LogP contribution >= 0.6 is 7.26 Å². The average Bonchev–Trinajstić information content (AvgIpc) is 2.88. The molecule has 5 nitrogen and oxygen atoms in total. The number of benzene rings is 3. The molecule has 0 saturated heterocycles. The zero-order chi connectivity index (χ0) is 24.1. The van der Waals surface area contributed by atoms with Gasteiger partial charge < -0.3 is 5.11 Å². The summed E-state index contributed by atoms with van der Waals surface area (Å²) in [7, 11) is -2.00. The number of hydrazone groups is 1. The fraction of sp³-hybridized carbons (Fsp3) is 0.250. The Bertz CT molecular complexity index is 960. The van der Waals surface area contributed by atoms with Crippen LogP contribution in [-0.4, -0.2) is 29.4 Å². The van der Waals surface area contributed by atoms with Gasteiger partial charge in [-0.05, 0) is 49.2 Å². The van der Waals surface area contributed by atoms with Crippen molar-refractivity contribution in [2.24, 2.45) is 5.10 Å². The van der Waals surface area contributed by atoms with Crippen LogP contribution in [-0.2, 0) is 9.59 Å². The van der Waals surface area contributed by atoms with E-state index in [9.17, 15) is 9.59 Å². The first-order chi connectivity index (χ1) is 16.6. The highest BCUT2D eigenvalue weighted by atomic mass is 31.2. The number of nitrogens with zero attached hydrogens (tertiary/aromatic N) is 1. The van der Waals surface area contributed by atoms with Crippen LogP contribution in [0.15, 0.2) is 96.1 Å². The van der Waals surface area contributed by atoms with Crippen molar-refractivity contribution in [3.05, 3.63) is 91.0 Å². The number of carboxylic acids is 1. The lowest BCUT2D eigenvalue weighted by molar-refractivity contribution is -0.137. The second-order valence-corrected chi connectivity index (χ2v) is 11.7. The van der Waals surface area contributed by atoms with E-state index in [-0.39, 0.29) is 12.3 Å². The molecule has 0 heterocycles. The third kappa shape index (κ3) is 7.10. The van der Waals surface area contributed by atoms with Gasteiger partial charge in [-0.2, -0.15) is 5.10 Å². The average molecular weight is 476 g/mol. The molecule has 0 atom stereocenters. The van der Waals surface area contributed by atoms with Gasteiger partial charge in [-0.3, -0.25) is 9.59 Å². The van der Waals surface area contributed by atoms with Crippen LogP contribution in [0.1, 0.15) is 38.5 Å². The fourth-order valence-electron chi connectivity index (χ4n) is 4.06. The van der Waals surface area contributed by atoms with Gasteiger partial charge in [0.1, 0.15) is 29.3 Å². The van der Waals surface area contributed by atoms with E-state index in [4.69, 9.17) is 5.11 Å². The van der Waals surface area contributed by atoms with Crippen LogP contribution in [0.25, 0.3) is 0 Å². The number of amides is 1. The zero-order valence-corrected chi connectivity index (χ0v) is 20.2. The van der Waals surface area contributed by atoms with E-state index in [1.54, 1.807) is 0 Å². The van der Waals surface area contributed by atoms with Gasteiger partial charge in [0.15, 0.2) is 0 Å². The molecule has 0 aromatic heterocycles. The molecule has 0 aliphatic carbocycles. The van der Waals surface area contributed by atoms with E-state index in [2.05, 4.69) is 83.3 Å². The molecule has 0 radical (unpaired) electrons. The van der Waals surface area contributed by atoms with E-state index in [0.717, 1.165) is 19.3 Å². The molecule has 0 bridgehead atoms. The lowest BCUT2D eigenvalue weighted by Crippen LogP contribution is -2.34. The molecule has 3 aromatic carbocycles. The SMILES string of the molecule is O=C(O)CCCCCCC(=O)N/N=C/C[P+](c1ccccc1)(c1ccccc1)c1ccccc1. The van der Waals surface area contributed by atoms with Gasteiger partial charge >= 0.3 is 5.97 Å². The first-order valence-corrected chi connectivity index (χ1v) is 13.7. The predicted molar refractivity (Wildman–Crippen MR) is 142 cm³/mol. The van der Waals surface area contributed by atoms with E-state index in [1.165, 1.54) is 15.9 Å². The highest BCUT2D eigenvalue weighted by Gasteiger charge is 2.44. The third-order valence-corrected chi connectivity index (χ3v) is 10.0. The smallest absolute Gasteiger partial charge is 0.303 e. The number of nitrogens with one attached hydrogen (secondary N) is 1. The molecule has 0 spiro atoms. The van der Waals surface area contributed by atoms with Crippen molar-refractivity contribution in [1.82, 2.24) is 5.43 Å². The summed E-state index contributed by atoms with van der Waals surface area (Å²) in [6, 6.07) is 31.7. The zero-order valence-electron chi connectivity index (χ0n) is 19.3. The molecule has 0 unspecified atom stereocenters. The normalized spacial score (nSPS) is 11.4. The lowest BCUT2D eigenvalue weighted by Gasteiger charge is -2.26. The molecule has 3 aromatic rings. The molecule has 0 fully saturated rings. The molecule has 6 heteroatoms. The maximum absolute atomic E-state index is 12.2. The van der Waals surface area contributed by atoms with Crippen LogP contribution in [0.4, 0.5) is 0 Å². The molecule has 2 N–H and O–H groups in total. The van der Waals surface area contributed by atoms with Gasteiger partial charge in [0.25, 0.3) is 0 Å². The Morgan fingerprint density at radius 3 is 1.59 bits per heavy atom. The maximum atomic E-state index is 12.2. The molecule has 0 saturated carbocycles. The highest BCUT2D eigenvalue weighted by molar-refractivity contribution is 7.96. The monoisotopic (exact) mass is 475 g/mol. The predicted octanol–water partition coefficient (Wildman–Crippen LogP) is 4.51. The van der Waals surface area contributed by atoms with Crippen LogP contribution in [0, 0.1) is 0 Å². The molecule has 3 rings (SSSR count). The Balaban J connectivity index is 1.71. The van der Waals surface area contributed by atoms with Gasteiger partial charge in [0, 0.05) is 12.8 Å². The Labute approximate surface area is 202 Å². The molecule has 0 aliphatic heterocycles. The van der Waals surface area contributed by atoms with Gasteiger partial charge in [-0.1, -0.05) is 67.4 Å². The number of hydrogen-bond donors (Lipinski definition) is 2. The number of hydrogen-bond acceptors (Lipinski definition) is 3. The van der Waals surface area contributed by atoms with E-state index < -0.39 is 13.2 Å². The van der Waals surface area contributed by atoms with Crippen molar-refractivity contribution in [3.63, 3.8) is 0 Å². The number of carbonyl (C=O) groups is 2. The summed E-state index contributed by atoms with van der Waals surface area (Å²) in [5, 5.41) is 16.8.